The van der Waals surface area contributed by atoms with Crippen molar-refractivity contribution >= 4 is 35.1 Å². The molecule has 2 aromatic rings. The van der Waals surface area contributed by atoms with Gasteiger partial charge in [-0.3, -0.25) is 4.79 Å². The van der Waals surface area contributed by atoms with Crippen molar-refractivity contribution in [2.45, 2.75) is 26.3 Å². The van der Waals surface area contributed by atoms with Crippen LogP contribution in [0.25, 0.3) is 0 Å². The van der Waals surface area contributed by atoms with E-state index in [1.165, 1.54) is 0 Å². The van der Waals surface area contributed by atoms with Crippen molar-refractivity contribution < 1.29 is 4.79 Å². The van der Waals surface area contributed by atoms with Crippen molar-refractivity contribution in [2.75, 3.05) is 11.6 Å². The van der Waals surface area contributed by atoms with Gasteiger partial charge in [0.15, 0.2) is 0 Å². The molecule has 0 radical (unpaired) electrons. The van der Waals surface area contributed by atoms with Crippen molar-refractivity contribution in [1.82, 2.24) is 25.8 Å². The van der Waals surface area contributed by atoms with Crippen molar-refractivity contribution in [2.24, 2.45) is 0 Å². The normalized spacial score (nSPS) is 19.2. The molecule has 0 unspecified atom stereocenters. The number of carbonyl (C=O) groups is 1. The number of hydrogen-bond donors (Lipinski definition) is 2. The summed E-state index contributed by atoms with van der Waals surface area (Å²) in [5, 5.41) is 2.48. The zero-order chi connectivity index (χ0) is 19.1. The van der Waals surface area contributed by atoms with Crippen LogP contribution in [0.2, 0.25) is 10.0 Å². The first-order valence-corrected chi connectivity index (χ1v) is 9.32. The first kappa shape index (κ1) is 18.0. The summed E-state index contributed by atoms with van der Waals surface area (Å²) in [5.41, 5.74) is 9.48. The van der Waals surface area contributed by atoms with Crippen LogP contribution in [0, 0.1) is 6.92 Å². The van der Waals surface area contributed by atoms with E-state index in [2.05, 4.69) is 20.9 Å². The Balaban J connectivity index is 1.62. The molecule has 1 atom stereocenters. The second kappa shape index (κ2) is 6.99. The Morgan fingerprint density at radius 1 is 1.30 bits per heavy atom. The fourth-order valence-electron chi connectivity index (χ4n) is 3.36. The van der Waals surface area contributed by atoms with Crippen LogP contribution in [0.15, 0.2) is 41.9 Å². The van der Waals surface area contributed by atoms with E-state index >= 15 is 0 Å². The maximum atomic E-state index is 13.0. The van der Waals surface area contributed by atoms with Crippen LogP contribution in [0.5, 0.6) is 0 Å². The van der Waals surface area contributed by atoms with E-state index in [0.29, 0.717) is 29.5 Å². The molecule has 7 nitrogen and oxygen atoms in total. The Hall–Kier alpha value is -2.35. The Kier molecular flexibility index (Phi) is 4.67. The highest BCUT2D eigenvalue weighted by Crippen LogP contribution is 2.32. The summed E-state index contributed by atoms with van der Waals surface area (Å²) in [7, 11) is 0. The summed E-state index contributed by atoms with van der Waals surface area (Å²) >= 11 is 12.3. The molecule has 1 aromatic carbocycles. The van der Waals surface area contributed by atoms with Gasteiger partial charge < -0.3 is 10.3 Å². The quantitative estimate of drug-likeness (QED) is 0.800. The van der Waals surface area contributed by atoms with Gasteiger partial charge in [-0.25, -0.2) is 15.0 Å². The van der Waals surface area contributed by atoms with Gasteiger partial charge in [-0.2, -0.15) is 0 Å². The third-order valence-corrected chi connectivity index (χ3v) is 5.60. The van der Waals surface area contributed by atoms with E-state index < -0.39 is 0 Å². The van der Waals surface area contributed by atoms with Crippen molar-refractivity contribution in [3.05, 3.63) is 63.2 Å². The lowest BCUT2D eigenvalue weighted by molar-refractivity contribution is 0.0703. The minimum absolute atomic E-state index is 0.145. The number of anilines is 1. The van der Waals surface area contributed by atoms with Gasteiger partial charge in [-0.15, -0.1) is 5.53 Å². The molecule has 0 fully saturated rings. The van der Waals surface area contributed by atoms with Crippen LogP contribution in [0.3, 0.4) is 0 Å². The minimum Gasteiger partial charge on any atom is -0.330 e. The van der Waals surface area contributed by atoms with Crippen LogP contribution in [0.4, 0.5) is 5.95 Å². The monoisotopic (exact) mass is 404 g/mol. The van der Waals surface area contributed by atoms with Gasteiger partial charge in [0.1, 0.15) is 0 Å². The molecular formula is C18H18Cl2N6O. The molecule has 0 bridgehead atoms. The molecule has 2 aliphatic heterocycles. The summed E-state index contributed by atoms with van der Waals surface area (Å²) in [5.74, 6) is 0.422. The number of amides is 1. The molecule has 4 rings (SSSR count). The number of hydrogen-bond acceptors (Lipinski definition) is 6. The zero-order valence-electron chi connectivity index (χ0n) is 14.8. The smallest absolute Gasteiger partial charge is 0.255 e. The largest absolute Gasteiger partial charge is 0.330 e. The van der Waals surface area contributed by atoms with Crippen LogP contribution in [-0.2, 0) is 0 Å². The van der Waals surface area contributed by atoms with Gasteiger partial charge in [0.25, 0.3) is 5.91 Å². The van der Waals surface area contributed by atoms with Gasteiger partial charge >= 0.3 is 0 Å². The number of aromatic nitrogens is 2. The number of carbonyl (C=O) groups excluding carboxylic acids is 1. The molecule has 3 heterocycles. The number of hydrazine groups is 2. The Morgan fingerprint density at radius 2 is 2.11 bits per heavy atom. The van der Waals surface area contributed by atoms with E-state index in [1.807, 2.05) is 24.9 Å². The Labute approximate surface area is 166 Å². The van der Waals surface area contributed by atoms with Crippen molar-refractivity contribution in [3.8, 4) is 0 Å². The second-order valence-corrected chi connectivity index (χ2v) is 7.24. The van der Waals surface area contributed by atoms with E-state index in [9.17, 15) is 4.79 Å². The maximum absolute atomic E-state index is 13.0. The molecule has 0 spiro atoms. The van der Waals surface area contributed by atoms with Gasteiger partial charge in [0, 0.05) is 24.9 Å². The molecule has 1 amide bonds. The Morgan fingerprint density at radius 3 is 2.89 bits per heavy atom. The van der Waals surface area contributed by atoms with Gasteiger partial charge in [-0.1, -0.05) is 29.3 Å². The third-order valence-electron chi connectivity index (χ3n) is 4.78. The summed E-state index contributed by atoms with van der Waals surface area (Å²) in [6, 6.07) is 6.77. The van der Waals surface area contributed by atoms with E-state index in [4.69, 9.17) is 23.2 Å². The number of benzene rings is 1. The highest BCUT2D eigenvalue weighted by atomic mass is 35.5. The molecule has 0 saturated carbocycles. The van der Waals surface area contributed by atoms with E-state index in [0.717, 1.165) is 17.1 Å². The van der Waals surface area contributed by atoms with Gasteiger partial charge in [-0.05, 0) is 32.0 Å². The molecule has 0 saturated heterocycles. The third kappa shape index (κ3) is 3.12. The summed E-state index contributed by atoms with van der Waals surface area (Å²) in [4.78, 5) is 23.6. The lowest BCUT2D eigenvalue weighted by Gasteiger charge is -2.34. The second-order valence-electron chi connectivity index (χ2n) is 6.46. The lowest BCUT2D eigenvalue weighted by Crippen LogP contribution is -2.45. The lowest BCUT2D eigenvalue weighted by atomic mass is 10.0. The maximum Gasteiger partial charge on any atom is 0.255 e. The SMILES string of the molecule is Cc1ccnc(N2NNC3=C2CCN(C(=O)c2cccc(Cl)c2Cl)[C@H]3C)n1. The molecule has 0 aliphatic carbocycles. The van der Waals surface area contributed by atoms with Crippen molar-refractivity contribution in [1.29, 1.82) is 0 Å². The molecule has 2 N–H and O–H groups in total. The molecule has 1 aromatic heterocycles. The summed E-state index contributed by atoms with van der Waals surface area (Å²) in [6.45, 7) is 4.44. The zero-order valence-corrected chi connectivity index (χ0v) is 16.3. The fourth-order valence-corrected chi connectivity index (χ4v) is 3.74. The van der Waals surface area contributed by atoms with Crippen LogP contribution in [0.1, 0.15) is 29.4 Å². The fraction of sp³-hybridized carbons (Fsp3) is 0.278. The first-order chi connectivity index (χ1) is 13.0. The highest BCUT2D eigenvalue weighted by Gasteiger charge is 2.37. The first-order valence-electron chi connectivity index (χ1n) is 8.57. The van der Waals surface area contributed by atoms with E-state index in [-0.39, 0.29) is 17.0 Å². The van der Waals surface area contributed by atoms with Gasteiger partial charge in [0.05, 0.1) is 33.0 Å². The Bertz CT molecular complexity index is 947. The van der Waals surface area contributed by atoms with E-state index in [1.54, 1.807) is 29.3 Å². The molecule has 9 heteroatoms. The van der Waals surface area contributed by atoms with Crippen LogP contribution < -0.4 is 16.0 Å². The predicted molar refractivity (Wildman–Crippen MR) is 104 cm³/mol. The molecule has 140 valence electrons. The van der Waals surface area contributed by atoms with Crippen LogP contribution >= 0.6 is 23.2 Å². The molecule has 27 heavy (non-hydrogen) atoms. The number of nitrogens with zero attached hydrogens (tertiary/aromatic N) is 4. The molecule has 2 aliphatic rings. The minimum atomic E-state index is -0.168. The average molecular weight is 405 g/mol. The topological polar surface area (TPSA) is 73.4 Å². The standard InChI is InChI=1S/C18H18Cl2N6O/c1-10-6-8-21-18(22-10)26-14-7-9-25(11(2)16(14)23-24-26)17(27)12-4-3-5-13(19)15(12)20/h3-6,8,11,23-24H,7,9H2,1-2H3/t11-/m0/s1. The van der Waals surface area contributed by atoms with Gasteiger partial charge in [0.2, 0.25) is 5.95 Å². The predicted octanol–water partition coefficient (Wildman–Crippen LogP) is 3.07. The number of aryl methyl sites for hydroxylation is 1. The summed E-state index contributed by atoms with van der Waals surface area (Å²) < 4.78 is 0. The number of nitrogens with one attached hydrogen (secondary N) is 2. The highest BCUT2D eigenvalue weighted by molar-refractivity contribution is 6.43. The average Bonchev–Trinajstić information content (AvgIpc) is 3.09. The van der Waals surface area contributed by atoms with Crippen molar-refractivity contribution in [3.63, 3.8) is 0 Å². The summed E-state index contributed by atoms with van der Waals surface area (Å²) in [6.07, 6.45) is 2.38. The van der Waals surface area contributed by atoms with Crippen LogP contribution in [-0.4, -0.2) is 33.4 Å². The number of rotatable bonds is 2. The number of halogens is 2. The molecular weight excluding hydrogens is 387 g/mol.